The minimum absolute atomic E-state index is 0.0209. The molecule has 0 aromatic heterocycles. The van der Waals surface area contributed by atoms with E-state index in [1.807, 2.05) is 0 Å². The molecule has 0 radical (unpaired) electrons. The standard InChI is InChI=1S/C14H18F2O/c1-14(17,10-5-3-2-4-6-10)12-9-11(15)7-8-13(12)16/h7-10,17H,2-6H2,1H3. The van der Waals surface area contributed by atoms with Crippen molar-refractivity contribution in [2.45, 2.75) is 44.6 Å². The summed E-state index contributed by atoms with van der Waals surface area (Å²) in [5.74, 6) is -1.01. The third-order valence-electron chi connectivity index (χ3n) is 3.87. The van der Waals surface area contributed by atoms with Gasteiger partial charge >= 0.3 is 0 Å². The molecule has 0 aliphatic heterocycles. The first-order valence-corrected chi connectivity index (χ1v) is 6.19. The minimum atomic E-state index is -1.27. The fourth-order valence-electron chi connectivity index (χ4n) is 2.77. The molecule has 0 saturated heterocycles. The molecule has 3 heteroatoms. The summed E-state index contributed by atoms with van der Waals surface area (Å²) in [4.78, 5) is 0. The largest absolute Gasteiger partial charge is 0.385 e. The number of aliphatic hydroxyl groups is 1. The van der Waals surface area contributed by atoms with Gasteiger partial charge in [-0.15, -0.1) is 0 Å². The average Bonchev–Trinajstić information content (AvgIpc) is 2.33. The molecule has 1 saturated carbocycles. The van der Waals surface area contributed by atoms with E-state index in [0.29, 0.717) is 0 Å². The molecular weight excluding hydrogens is 222 g/mol. The van der Waals surface area contributed by atoms with E-state index >= 15 is 0 Å². The third kappa shape index (κ3) is 2.49. The van der Waals surface area contributed by atoms with E-state index in [0.717, 1.165) is 50.3 Å². The topological polar surface area (TPSA) is 20.2 Å². The first kappa shape index (κ1) is 12.5. The summed E-state index contributed by atoms with van der Waals surface area (Å²) in [6.07, 6.45) is 5.03. The molecule has 2 rings (SSSR count). The quantitative estimate of drug-likeness (QED) is 0.834. The lowest BCUT2D eigenvalue weighted by molar-refractivity contribution is -0.0245. The lowest BCUT2D eigenvalue weighted by Gasteiger charge is -2.36. The highest BCUT2D eigenvalue weighted by molar-refractivity contribution is 5.25. The average molecular weight is 240 g/mol. The number of benzene rings is 1. The molecule has 0 spiro atoms. The van der Waals surface area contributed by atoms with Gasteiger partial charge in [0.2, 0.25) is 0 Å². The van der Waals surface area contributed by atoms with E-state index in [-0.39, 0.29) is 11.5 Å². The Morgan fingerprint density at radius 2 is 1.82 bits per heavy atom. The minimum Gasteiger partial charge on any atom is -0.385 e. The fourth-order valence-corrected chi connectivity index (χ4v) is 2.77. The molecule has 1 aromatic rings. The molecule has 1 aromatic carbocycles. The van der Waals surface area contributed by atoms with Crippen LogP contribution in [-0.4, -0.2) is 5.11 Å². The highest BCUT2D eigenvalue weighted by Crippen LogP contribution is 2.40. The van der Waals surface area contributed by atoms with Crippen LogP contribution in [-0.2, 0) is 5.60 Å². The van der Waals surface area contributed by atoms with Gasteiger partial charge in [-0.1, -0.05) is 19.3 Å². The van der Waals surface area contributed by atoms with Crippen LogP contribution in [0.4, 0.5) is 8.78 Å². The molecule has 1 aliphatic rings. The predicted octanol–water partition coefficient (Wildman–Crippen LogP) is 3.75. The van der Waals surface area contributed by atoms with E-state index in [1.165, 1.54) is 0 Å². The Labute approximate surface area is 100 Å². The summed E-state index contributed by atoms with van der Waals surface area (Å²) in [5.41, 5.74) is -1.18. The third-order valence-corrected chi connectivity index (χ3v) is 3.87. The summed E-state index contributed by atoms with van der Waals surface area (Å²) >= 11 is 0. The second-order valence-corrected chi connectivity index (χ2v) is 5.11. The van der Waals surface area contributed by atoms with Gasteiger partial charge in [-0.3, -0.25) is 0 Å². The van der Waals surface area contributed by atoms with Crippen LogP contribution in [0.1, 0.15) is 44.6 Å². The van der Waals surface area contributed by atoms with Crippen LogP contribution in [0.3, 0.4) is 0 Å². The summed E-state index contributed by atoms with van der Waals surface area (Å²) in [6, 6.07) is 3.28. The highest BCUT2D eigenvalue weighted by Gasteiger charge is 2.36. The Morgan fingerprint density at radius 1 is 1.18 bits per heavy atom. The molecule has 0 heterocycles. The Bertz CT molecular complexity index is 395. The van der Waals surface area contributed by atoms with Crippen LogP contribution in [0.15, 0.2) is 18.2 Å². The van der Waals surface area contributed by atoms with Crippen molar-refractivity contribution in [2.75, 3.05) is 0 Å². The number of rotatable bonds is 2. The van der Waals surface area contributed by atoms with E-state index in [9.17, 15) is 13.9 Å². The molecule has 0 amide bonds. The highest BCUT2D eigenvalue weighted by atomic mass is 19.1. The Balaban J connectivity index is 2.32. The van der Waals surface area contributed by atoms with Gasteiger partial charge in [-0.2, -0.15) is 0 Å². The van der Waals surface area contributed by atoms with Gasteiger partial charge in [0.1, 0.15) is 11.6 Å². The molecule has 1 atom stereocenters. The Hall–Kier alpha value is -0.960. The van der Waals surface area contributed by atoms with E-state index in [4.69, 9.17) is 0 Å². The van der Waals surface area contributed by atoms with Gasteiger partial charge in [0.25, 0.3) is 0 Å². The van der Waals surface area contributed by atoms with Crippen LogP contribution < -0.4 is 0 Å². The molecular formula is C14H18F2O. The van der Waals surface area contributed by atoms with E-state index in [2.05, 4.69) is 0 Å². The SMILES string of the molecule is CC(O)(c1cc(F)ccc1F)C1CCCCC1. The zero-order valence-corrected chi connectivity index (χ0v) is 10.0. The second-order valence-electron chi connectivity index (χ2n) is 5.11. The Kier molecular flexibility index (Phi) is 3.48. The maximum atomic E-state index is 13.7. The van der Waals surface area contributed by atoms with Crippen LogP contribution in [0.2, 0.25) is 0 Å². The van der Waals surface area contributed by atoms with Gasteiger partial charge in [-0.05, 0) is 43.9 Å². The summed E-state index contributed by atoms with van der Waals surface area (Å²) in [5, 5.41) is 10.5. The van der Waals surface area contributed by atoms with Gasteiger partial charge in [0.05, 0.1) is 5.60 Å². The summed E-state index contributed by atoms with van der Waals surface area (Å²) in [7, 11) is 0. The first-order chi connectivity index (χ1) is 8.01. The summed E-state index contributed by atoms with van der Waals surface area (Å²) < 4.78 is 26.9. The van der Waals surface area contributed by atoms with E-state index < -0.39 is 17.2 Å². The zero-order valence-electron chi connectivity index (χ0n) is 10.0. The van der Waals surface area contributed by atoms with Gasteiger partial charge in [0.15, 0.2) is 0 Å². The van der Waals surface area contributed by atoms with Crippen LogP contribution in [0.5, 0.6) is 0 Å². The molecule has 1 N–H and O–H groups in total. The van der Waals surface area contributed by atoms with Crippen LogP contribution in [0.25, 0.3) is 0 Å². The maximum absolute atomic E-state index is 13.7. The molecule has 1 fully saturated rings. The lowest BCUT2D eigenvalue weighted by Crippen LogP contribution is -2.34. The van der Waals surface area contributed by atoms with Gasteiger partial charge in [0, 0.05) is 5.56 Å². The molecule has 94 valence electrons. The molecule has 1 unspecified atom stereocenters. The van der Waals surface area contributed by atoms with Crippen LogP contribution in [0, 0.1) is 17.6 Å². The Morgan fingerprint density at radius 3 is 2.47 bits per heavy atom. The number of hydrogen-bond acceptors (Lipinski definition) is 1. The smallest absolute Gasteiger partial charge is 0.129 e. The van der Waals surface area contributed by atoms with Crippen molar-refractivity contribution in [3.63, 3.8) is 0 Å². The predicted molar refractivity (Wildman–Crippen MR) is 62.5 cm³/mol. The van der Waals surface area contributed by atoms with Gasteiger partial charge in [-0.25, -0.2) is 8.78 Å². The van der Waals surface area contributed by atoms with Crippen molar-refractivity contribution in [1.29, 1.82) is 0 Å². The van der Waals surface area contributed by atoms with Crippen LogP contribution >= 0.6 is 0 Å². The molecule has 17 heavy (non-hydrogen) atoms. The van der Waals surface area contributed by atoms with E-state index in [1.54, 1.807) is 6.92 Å². The van der Waals surface area contributed by atoms with Gasteiger partial charge < -0.3 is 5.11 Å². The van der Waals surface area contributed by atoms with Crippen molar-refractivity contribution >= 4 is 0 Å². The lowest BCUT2D eigenvalue weighted by atomic mass is 9.74. The molecule has 0 bridgehead atoms. The monoisotopic (exact) mass is 240 g/mol. The number of halogens is 2. The van der Waals surface area contributed by atoms with Crippen molar-refractivity contribution in [3.05, 3.63) is 35.4 Å². The summed E-state index contributed by atoms with van der Waals surface area (Å²) in [6.45, 7) is 1.60. The normalized spacial score (nSPS) is 21.2. The van der Waals surface area contributed by atoms with Crippen molar-refractivity contribution in [2.24, 2.45) is 5.92 Å². The first-order valence-electron chi connectivity index (χ1n) is 6.19. The van der Waals surface area contributed by atoms with Crippen molar-refractivity contribution in [3.8, 4) is 0 Å². The van der Waals surface area contributed by atoms with Crippen molar-refractivity contribution < 1.29 is 13.9 Å². The zero-order chi connectivity index (χ0) is 12.5. The number of hydrogen-bond donors (Lipinski definition) is 1. The fraction of sp³-hybridized carbons (Fsp3) is 0.571. The molecule has 1 nitrogen and oxygen atoms in total. The van der Waals surface area contributed by atoms with Crippen molar-refractivity contribution in [1.82, 2.24) is 0 Å². The maximum Gasteiger partial charge on any atom is 0.129 e. The second kappa shape index (κ2) is 4.73. The molecule has 1 aliphatic carbocycles.